The zero-order valence-electron chi connectivity index (χ0n) is 6.03. The van der Waals surface area contributed by atoms with Crippen LogP contribution < -0.4 is 0 Å². The minimum atomic E-state index is 0. The normalized spacial score (nSPS) is 8.60. The van der Waals surface area contributed by atoms with Crippen LogP contribution in [0.25, 0.3) is 0 Å². The average Bonchev–Trinajstić information content (AvgIpc) is 1.83. The molecule has 0 unspecified atom stereocenters. The SMILES string of the molecule is Cc1cccc(O)c1C.[Fe]. The van der Waals surface area contributed by atoms with E-state index >= 15 is 0 Å². The van der Waals surface area contributed by atoms with E-state index in [2.05, 4.69) is 0 Å². The van der Waals surface area contributed by atoms with Gasteiger partial charge in [-0.1, -0.05) is 12.1 Å². The first-order chi connectivity index (χ1) is 4.22. The van der Waals surface area contributed by atoms with Gasteiger partial charge in [-0.2, -0.15) is 0 Å². The number of phenolic OH excluding ortho intramolecular Hbond substituents is 1. The molecule has 0 radical (unpaired) electrons. The van der Waals surface area contributed by atoms with Crippen molar-refractivity contribution in [3.8, 4) is 5.75 Å². The summed E-state index contributed by atoms with van der Waals surface area (Å²) in [5, 5.41) is 9.10. The maximum Gasteiger partial charge on any atom is 0.118 e. The van der Waals surface area contributed by atoms with Gasteiger partial charge in [0.2, 0.25) is 0 Å². The molecular formula is C8H10FeO. The fourth-order valence-electron chi connectivity index (χ4n) is 0.736. The molecule has 0 saturated heterocycles. The van der Waals surface area contributed by atoms with Crippen molar-refractivity contribution in [2.45, 2.75) is 13.8 Å². The van der Waals surface area contributed by atoms with Gasteiger partial charge in [-0.15, -0.1) is 0 Å². The molecule has 2 heteroatoms. The van der Waals surface area contributed by atoms with Crippen LogP contribution in [0.3, 0.4) is 0 Å². The van der Waals surface area contributed by atoms with Crippen LogP contribution in [0.15, 0.2) is 18.2 Å². The second kappa shape index (κ2) is 3.65. The van der Waals surface area contributed by atoms with Crippen molar-refractivity contribution in [3.63, 3.8) is 0 Å². The third kappa shape index (κ3) is 1.76. The molecular weight excluding hydrogens is 168 g/mol. The van der Waals surface area contributed by atoms with E-state index in [1.807, 2.05) is 26.0 Å². The summed E-state index contributed by atoms with van der Waals surface area (Å²) < 4.78 is 0. The van der Waals surface area contributed by atoms with Gasteiger partial charge in [-0.05, 0) is 31.0 Å². The van der Waals surface area contributed by atoms with Gasteiger partial charge in [0.15, 0.2) is 0 Å². The zero-order valence-corrected chi connectivity index (χ0v) is 7.14. The van der Waals surface area contributed by atoms with Gasteiger partial charge in [0.25, 0.3) is 0 Å². The zero-order chi connectivity index (χ0) is 6.85. The number of hydrogen-bond acceptors (Lipinski definition) is 1. The molecule has 0 aromatic heterocycles. The maximum atomic E-state index is 9.10. The molecule has 0 fully saturated rings. The van der Waals surface area contributed by atoms with Gasteiger partial charge in [0.1, 0.15) is 5.75 Å². The van der Waals surface area contributed by atoms with E-state index in [4.69, 9.17) is 5.11 Å². The van der Waals surface area contributed by atoms with E-state index in [1.54, 1.807) is 6.07 Å². The quantitative estimate of drug-likeness (QED) is 0.602. The van der Waals surface area contributed by atoms with Gasteiger partial charge in [-0.3, -0.25) is 0 Å². The molecule has 0 aliphatic heterocycles. The summed E-state index contributed by atoms with van der Waals surface area (Å²) in [6, 6.07) is 5.52. The molecule has 56 valence electrons. The van der Waals surface area contributed by atoms with E-state index in [1.165, 1.54) is 0 Å². The third-order valence-corrected chi connectivity index (χ3v) is 1.58. The number of phenols is 1. The standard InChI is InChI=1S/C8H10O.Fe/c1-6-4-3-5-8(9)7(6)2;/h3-5,9H,1-2H3;. The van der Waals surface area contributed by atoms with Gasteiger partial charge in [0.05, 0.1) is 0 Å². The van der Waals surface area contributed by atoms with Crippen LogP contribution >= 0.6 is 0 Å². The van der Waals surface area contributed by atoms with Crippen LogP contribution in [0.2, 0.25) is 0 Å². The molecule has 1 N–H and O–H groups in total. The van der Waals surface area contributed by atoms with Crippen molar-refractivity contribution >= 4 is 0 Å². The first-order valence-corrected chi connectivity index (χ1v) is 2.97. The monoisotopic (exact) mass is 178 g/mol. The Bertz CT molecular complexity index is 200. The molecule has 0 heterocycles. The first kappa shape index (κ1) is 9.54. The van der Waals surface area contributed by atoms with Gasteiger partial charge in [0, 0.05) is 17.1 Å². The largest absolute Gasteiger partial charge is 0.508 e. The molecule has 0 bridgehead atoms. The van der Waals surface area contributed by atoms with Gasteiger partial charge < -0.3 is 5.11 Å². The molecule has 10 heavy (non-hydrogen) atoms. The van der Waals surface area contributed by atoms with E-state index < -0.39 is 0 Å². The minimum absolute atomic E-state index is 0. The van der Waals surface area contributed by atoms with Gasteiger partial charge >= 0.3 is 0 Å². The Morgan fingerprint density at radius 2 is 1.80 bits per heavy atom. The van der Waals surface area contributed by atoms with Crippen molar-refractivity contribution in [1.82, 2.24) is 0 Å². The Hall–Kier alpha value is -0.461. The van der Waals surface area contributed by atoms with E-state index in [-0.39, 0.29) is 17.1 Å². The second-order valence-electron chi connectivity index (χ2n) is 2.22. The number of aromatic hydroxyl groups is 1. The van der Waals surface area contributed by atoms with E-state index in [9.17, 15) is 0 Å². The van der Waals surface area contributed by atoms with Crippen LogP contribution in [-0.4, -0.2) is 5.11 Å². The maximum absolute atomic E-state index is 9.10. The number of rotatable bonds is 0. The van der Waals surface area contributed by atoms with Crippen molar-refractivity contribution < 1.29 is 22.2 Å². The second-order valence-corrected chi connectivity index (χ2v) is 2.22. The summed E-state index contributed by atoms with van der Waals surface area (Å²) in [5.41, 5.74) is 2.10. The van der Waals surface area contributed by atoms with Crippen molar-refractivity contribution in [3.05, 3.63) is 29.3 Å². The summed E-state index contributed by atoms with van der Waals surface area (Å²) >= 11 is 0. The molecule has 1 aromatic carbocycles. The van der Waals surface area contributed by atoms with Gasteiger partial charge in [-0.25, -0.2) is 0 Å². The van der Waals surface area contributed by atoms with E-state index in [0.29, 0.717) is 5.75 Å². The summed E-state index contributed by atoms with van der Waals surface area (Å²) in [4.78, 5) is 0. The molecule has 0 spiro atoms. The topological polar surface area (TPSA) is 20.2 Å². The molecule has 0 atom stereocenters. The Labute approximate surface area is 71.6 Å². The molecule has 1 rings (SSSR count). The number of aryl methyl sites for hydroxylation is 1. The average molecular weight is 178 g/mol. The fraction of sp³-hybridized carbons (Fsp3) is 0.250. The Kier molecular flexibility index (Phi) is 3.48. The molecule has 0 saturated carbocycles. The third-order valence-electron chi connectivity index (χ3n) is 1.58. The Morgan fingerprint density at radius 1 is 1.20 bits per heavy atom. The molecule has 0 amide bonds. The molecule has 0 aliphatic carbocycles. The Morgan fingerprint density at radius 3 is 2.20 bits per heavy atom. The number of benzene rings is 1. The van der Waals surface area contributed by atoms with Crippen LogP contribution in [0.4, 0.5) is 0 Å². The summed E-state index contributed by atoms with van der Waals surface area (Å²) in [5.74, 6) is 0.384. The molecule has 1 nitrogen and oxygen atoms in total. The predicted octanol–water partition coefficient (Wildman–Crippen LogP) is 2.01. The van der Waals surface area contributed by atoms with Crippen molar-refractivity contribution in [2.24, 2.45) is 0 Å². The van der Waals surface area contributed by atoms with Crippen LogP contribution in [0.5, 0.6) is 5.75 Å². The van der Waals surface area contributed by atoms with Crippen LogP contribution in [-0.2, 0) is 17.1 Å². The fourth-order valence-corrected chi connectivity index (χ4v) is 0.736. The predicted molar refractivity (Wildman–Crippen MR) is 37.6 cm³/mol. The first-order valence-electron chi connectivity index (χ1n) is 2.97. The van der Waals surface area contributed by atoms with E-state index in [0.717, 1.165) is 11.1 Å². The smallest absolute Gasteiger partial charge is 0.118 e. The molecule has 0 aliphatic rings. The van der Waals surface area contributed by atoms with Crippen LogP contribution in [0, 0.1) is 13.8 Å². The summed E-state index contributed by atoms with van der Waals surface area (Å²) in [6.45, 7) is 3.89. The van der Waals surface area contributed by atoms with Crippen LogP contribution in [0.1, 0.15) is 11.1 Å². The molecule has 1 aromatic rings. The summed E-state index contributed by atoms with van der Waals surface area (Å²) in [7, 11) is 0. The van der Waals surface area contributed by atoms with Crippen molar-refractivity contribution in [1.29, 1.82) is 0 Å². The summed E-state index contributed by atoms with van der Waals surface area (Å²) in [6.07, 6.45) is 0. The van der Waals surface area contributed by atoms with Crippen molar-refractivity contribution in [2.75, 3.05) is 0 Å². The number of hydrogen-bond donors (Lipinski definition) is 1. The Balaban J connectivity index is 0.000000810. The minimum Gasteiger partial charge on any atom is -0.508 e.